The molecule has 2 N–H and O–H groups in total. The Balaban J connectivity index is 0.00000180. The molecule has 114 valence electrons. The van der Waals surface area contributed by atoms with E-state index in [-0.39, 0.29) is 37.3 Å². The van der Waals surface area contributed by atoms with Gasteiger partial charge in [-0.05, 0) is 19.2 Å². The van der Waals surface area contributed by atoms with Crippen molar-refractivity contribution in [1.82, 2.24) is 10.3 Å². The summed E-state index contributed by atoms with van der Waals surface area (Å²) in [6.45, 7) is 3.27. The van der Waals surface area contributed by atoms with Crippen molar-refractivity contribution in [3.05, 3.63) is 18.3 Å². The van der Waals surface area contributed by atoms with E-state index in [1.165, 1.54) is 0 Å². The molecule has 1 aliphatic heterocycles. The SMILES string of the molecule is CNCC(=O)Nc1cccnc1N1CCOCC1.Cl.Cl. The van der Waals surface area contributed by atoms with Gasteiger partial charge in [-0.3, -0.25) is 4.79 Å². The first-order valence-electron chi connectivity index (χ1n) is 6.03. The molecule has 0 bridgehead atoms. The van der Waals surface area contributed by atoms with Gasteiger partial charge in [-0.2, -0.15) is 0 Å². The standard InChI is InChI=1S/C12H18N4O2.2ClH/c1-13-9-11(17)15-10-3-2-4-14-12(10)16-5-7-18-8-6-16;;/h2-4,13H,5-9H2,1H3,(H,15,17);2*1H. The van der Waals surface area contributed by atoms with Gasteiger partial charge in [-0.1, -0.05) is 0 Å². The number of aromatic nitrogens is 1. The van der Waals surface area contributed by atoms with Crippen molar-refractivity contribution in [1.29, 1.82) is 0 Å². The summed E-state index contributed by atoms with van der Waals surface area (Å²) >= 11 is 0. The van der Waals surface area contributed by atoms with Gasteiger partial charge < -0.3 is 20.3 Å². The maximum Gasteiger partial charge on any atom is 0.238 e. The van der Waals surface area contributed by atoms with Crippen LogP contribution in [0.1, 0.15) is 0 Å². The Hall–Kier alpha value is -1.08. The number of nitrogens with zero attached hydrogens (tertiary/aromatic N) is 2. The molecule has 0 spiro atoms. The number of anilines is 2. The lowest BCUT2D eigenvalue weighted by Crippen LogP contribution is -2.37. The van der Waals surface area contributed by atoms with Gasteiger partial charge in [0.2, 0.25) is 5.91 Å². The molecular formula is C12H20Cl2N4O2. The monoisotopic (exact) mass is 322 g/mol. The van der Waals surface area contributed by atoms with Gasteiger partial charge in [0.25, 0.3) is 0 Å². The molecule has 20 heavy (non-hydrogen) atoms. The van der Waals surface area contributed by atoms with Gasteiger partial charge in [0, 0.05) is 19.3 Å². The smallest absolute Gasteiger partial charge is 0.238 e. The van der Waals surface area contributed by atoms with E-state index in [0.29, 0.717) is 13.2 Å². The lowest BCUT2D eigenvalue weighted by atomic mass is 10.3. The number of carbonyl (C=O) groups excluding carboxylic acids is 1. The van der Waals surface area contributed by atoms with Crippen LogP contribution in [0.15, 0.2) is 18.3 Å². The molecule has 1 aromatic rings. The zero-order chi connectivity index (χ0) is 12.8. The maximum atomic E-state index is 11.6. The molecule has 8 heteroatoms. The Labute approximate surface area is 131 Å². The predicted octanol–water partition coefficient (Wildman–Crippen LogP) is 0.920. The van der Waals surface area contributed by atoms with Gasteiger partial charge in [-0.25, -0.2) is 4.98 Å². The molecule has 0 atom stereocenters. The highest BCUT2D eigenvalue weighted by Gasteiger charge is 2.16. The number of rotatable bonds is 4. The molecule has 0 aliphatic carbocycles. The molecule has 0 saturated carbocycles. The van der Waals surface area contributed by atoms with Crippen molar-refractivity contribution in [2.24, 2.45) is 0 Å². The van der Waals surface area contributed by atoms with Gasteiger partial charge in [0.1, 0.15) is 0 Å². The third kappa shape index (κ3) is 5.13. The second-order valence-corrected chi connectivity index (χ2v) is 4.05. The summed E-state index contributed by atoms with van der Waals surface area (Å²) in [5.41, 5.74) is 0.750. The van der Waals surface area contributed by atoms with Crippen LogP contribution in [0.5, 0.6) is 0 Å². The Morgan fingerprint density at radius 3 is 2.75 bits per heavy atom. The highest BCUT2D eigenvalue weighted by atomic mass is 35.5. The number of nitrogens with one attached hydrogen (secondary N) is 2. The normalized spacial score (nSPS) is 13.9. The fraction of sp³-hybridized carbons (Fsp3) is 0.500. The molecule has 2 heterocycles. The van der Waals surface area contributed by atoms with Crippen molar-refractivity contribution in [3.63, 3.8) is 0 Å². The first-order chi connectivity index (χ1) is 8.81. The fourth-order valence-electron chi connectivity index (χ4n) is 1.88. The van der Waals surface area contributed by atoms with E-state index in [1.807, 2.05) is 12.1 Å². The number of pyridine rings is 1. The summed E-state index contributed by atoms with van der Waals surface area (Å²) in [6, 6.07) is 3.68. The van der Waals surface area contributed by atoms with E-state index in [0.717, 1.165) is 24.6 Å². The van der Waals surface area contributed by atoms with Crippen molar-refractivity contribution < 1.29 is 9.53 Å². The number of amides is 1. The topological polar surface area (TPSA) is 66.5 Å². The second-order valence-electron chi connectivity index (χ2n) is 4.05. The molecule has 1 amide bonds. The van der Waals surface area contributed by atoms with Crippen LogP contribution >= 0.6 is 24.8 Å². The lowest BCUT2D eigenvalue weighted by molar-refractivity contribution is -0.115. The zero-order valence-corrected chi connectivity index (χ0v) is 12.9. The third-order valence-electron chi connectivity index (χ3n) is 2.71. The average Bonchev–Trinajstić information content (AvgIpc) is 2.40. The molecular weight excluding hydrogens is 303 g/mol. The number of morpholine rings is 1. The number of ether oxygens (including phenoxy) is 1. The van der Waals surface area contributed by atoms with E-state index in [4.69, 9.17) is 4.74 Å². The van der Waals surface area contributed by atoms with E-state index in [9.17, 15) is 4.79 Å². The van der Waals surface area contributed by atoms with Crippen LogP contribution in [-0.2, 0) is 9.53 Å². The minimum Gasteiger partial charge on any atom is -0.378 e. The third-order valence-corrected chi connectivity index (χ3v) is 2.71. The Morgan fingerprint density at radius 1 is 1.40 bits per heavy atom. The molecule has 0 unspecified atom stereocenters. The summed E-state index contributed by atoms with van der Waals surface area (Å²) in [5.74, 6) is 0.741. The van der Waals surface area contributed by atoms with Gasteiger partial charge in [0.05, 0.1) is 25.4 Å². The Morgan fingerprint density at radius 2 is 2.10 bits per heavy atom. The molecule has 1 aliphatic rings. The van der Waals surface area contributed by atoms with Crippen molar-refractivity contribution >= 4 is 42.2 Å². The van der Waals surface area contributed by atoms with Crippen LogP contribution in [-0.4, -0.2) is 50.8 Å². The molecule has 2 rings (SSSR count). The summed E-state index contributed by atoms with van der Waals surface area (Å²) < 4.78 is 5.31. The predicted molar refractivity (Wildman–Crippen MR) is 84.3 cm³/mol. The van der Waals surface area contributed by atoms with Crippen LogP contribution < -0.4 is 15.5 Å². The molecule has 0 aromatic carbocycles. The fourth-order valence-corrected chi connectivity index (χ4v) is 1.88. The Bertz CT molecular complexity index is 414. The number of halogens is 2. The van der Waals surface area contributed by atoms with Crippen LogP contribution in [0, 0.1) is 0 Å². The summed E-state index contributed by atoms with van der Waals surface area (Å²) in [5, 5.41) is 5.68. The largest absolute Gasteiger partial charge is 0.378 e. The van der Waals surface area contributed by atoms with Crippen LogP contribution in [0.4, 0.5) is 11.5 Å². The minimum absolute atomic E-state index is 0. The molecule has 1 aromatic heterocycles. The maximum absolute atomic E-state index is 11.6. The van der Waals surface area contributed by atoms with Gasteiger partial charge >= 0.3 is 0 Å². The number of likely N-dealkylation sites (N-methyl/N-ethyl adjacent to an activating group) is 1. The average molecular weight is 323 g/mol. The first kappa shape index (κ1) is 18.9. The summed E-state index contributed by atoms with van der Waals surface area (Å²) in [4.78, 5) is 18.1. The molecule has 0 radical (unpaired) electrons. The number of hydrogen-bond donors (Lipinski definition) is 2. The van der Waals surface area contributed by atoms with E-state index < -0.39 is 0 Å². The number of hydrogen-bond acceptors (Lipinski definition) is 5. The summed E-state index contributed by atoms with van der Waals surface area (Å²) in [6.07, 6.45) is 1.73. The second kappa shape index (κ2) is 9.77. The van der Waals surface area contributed by atoms with E-state index in [1.54, 1.807) is 13.2 Å². The van der Waals surface area contributed by atoms with Crippen LogP contribution in [0.2, 0.25) is 0 Å². The molecule has 6 nitrogen and oxygen atoms in total. The van der Waals surface area contributed by atoms with Crippen molar-refractivity contribution in [2.45, 2.75) is 0 Å². The molecule has 1 saturated heterocycles. The van der Waals surface area contributed by atoms with Gasteiger partial charge in [-0.15, -0.1) is 24.8 Å². The highest BCUT2D eigenvalue weighted by molar-refractivity contribution is 5.94. The van der Waals surface area contributed by atoms with Crippen LogP contribution in [0.3, 0.4) is 0 Å². The molecule has 1 fully saturated rings. The zero-order valence-electron chi connectivity index (χ0n) is 11.3. The van der Waals surface area contributed by atoms with E-state index in [2.05, 4.69) is 20.5 Å². The van der Waals surface area contributed by atoms with Gasteiger partial charge in [0.15, 0.2) is 5.82 Å². The summed E-state index contributed by atoms with van der Waals surface area (Å²) in [7, 11) is 1.74. The van der Waals surface area contributed by atoms with E-state index >= 15 is 0 Å². The van der Waals surface area contributed by atoms with Crippen molar-refractivity contribution in [2.75, 3.05) is 50.1 Å². The Kier molecular flexibility index (Phi) is 9.24. The van der Waals surface area contributed by atoms with Crippen LogP contribution in [0.25, 0.3) is 0 Å². The quantitative estimate of drug-likeness (QED) is 0.863. The lowest BCUT2D eigenvalue weighted by Gasteiger charge is -2.29. The highest BCUT2D eigenvalue weighted by Crippen LogP contribution is 2.23. The number of carbonyl (C=O) groups is 1. The minimum atomic E-state index is -0.0694. The van der Waals surface area contributed by atoms with Crippen molar-refractivity contribution in [3.8, 4) is 0 Å². The first-order valence-corrected chi connectivity index (χ1v) is 6.03.